The lowest BCUT2D eigenvalue weighted by Crippen LogP contribution is -2.38. The topological polar surface area (TPSA) is 60.2 Å². The number of hydrogen-bond donors (Lipinski definition) is 0. The Morgan fingerprint density at radius 1 is 1.07 bits per heavy atom. The molecule has 1 aliphatic heterocycles. The molecule has 6 heteroatoms. The van der Waals surface area contributed by atoms with E-state index in [1.165, 1.54) is 0 Å². The maximum absolute atomic E-state index is 13.3. The van der Waals surface area contributed by atoms with E-state index < -0.39 is 0 Å². The van der Waals surface area contributed by atoms with Gasteiger partial charge in [0.25, 0.3) is 5.91 Å². The highest BCUT2D eigenvalue weighted by molar-refractivity contribution is 5.95. The first-order valence-electron chi connectivity index (χ1n) is 9.16. The monoisotopic (exact) mass is 362 g/mol. The Kier molecular flexibility index (Phi) is 4.87. The summed E-state index contributed by atoms with van der Waals surface area (Å²) in [6.45, 7) is 0.770. The Bertz CT molecular complexity index is 906. The lowest BCUT2D eigenvalue weighted by Gasteiger charge is -2.36. The van der Waals surface area contributed by atoms with Crippen molar-refractivity contribution in [2.75, 3.05) is 13.7 Å². The van der Waals surface area contributed by atoms with Crippen molar-refractivity contribution >= 4 is 5.91 Å². The first-order chi connectivity index (χ1) is 13.3. The molecule has 0 saturated carbocycles. The number of benzene rings is 2. The summed E-state index contributed by atoms with van der Waals surface area (Å²) in [7, 11) is 1.66. The molecule has 4 rings (SSSR count). The average Bonchev–Trinajstić information content (AvgIpc) is 3.28. The van der Waals surface area contributed by atoms with Crippen LogP contribution in [0.2, 0.25) is 0 Å². The zero-order valence-electron chi connectivity index (χ0n) is 15.3. The van der Waals surface area contributed by atoms with Crippen molar-refractivity contribution in [1.82, 2.24) is 19.7 Å². The number of rotatable bonds is 4. The van der Waals surface area contributed by atoms with Gasteiger partial charge in [-0.25, -0.2) is 0 Å². The second-order valence-corrected chi connectivity index (χ2v) is 6.70. The van der Waals surface area contributed by atoms with Crippen molar-refractivity contribution < 1.29 is 9.53 Å². The van der Waals surface area contributed by atoms with E-state index in [0.717, 1.165) is 42.8 Å². The van der Waals surface area contributed by atoms with E-state index in [9.17, 15) is 4.79 Å². The molecular formula is C21H22N4O2. The van der Waals surface area contributed by atoms with Crippen molar-refractivity contribution in [2.24, 2.45) is 0 Å². The van der Waals surface area contributed by atoms with Gasteiger partial charge in [-0.1, -0.05) is 18.2 Å². The SMILES string of the molecule is COc1ccc([C@@H]2CCCCN2C(=O)c2cccc(-n3cnnc3)c2)cc1. The van der Waals surface area contributed by atoms with Crippen LogP contribution in [-0.4, -0.2) is 39.2 Å². The van der Waals surface area contributed by atoms with Gasteiger partial charge in [0.2, 0.25) is 0 Å². The Morgan fingerprint density at radius 2 is 1.85 bits per heavy atom. The molecule has 1 atom stereocenters. The molecule has 0 N–H and O–H groups in total. The molecule has 1 fully saturated rings. The van der Waals surface area contributed by atoms with Crippen molar-refractivity contribution in [1.29, 1.82) is 0 Å². The first kappa shape index (κ1) is 17.3. The van der Waals surface area contributed by atoms with E-state index in [1.807, 2.05) is 41.3 Å². The Hall–Kier alpha value is -3.15. The van der Waals surface area contributed by atoms with Crippen LogP contribution in [0.5, 0.6) is 5.75 Å². The molecule has 1 saturated heterocycles. The second kappa shape index (κ2) is 7.61. The minimum atomic E-state index is 0.0606. The molecule has 0 aliphatic carbocycles. The summed E-state index contributed by atoms with van der Waals surface area (Å²) in [4.78, 5) is 15.3. The largest absolute Gasteiger partial charge is 0.497 e. The third-order valence-electron chi connectivity index (χ3n) is 5.07. The smallest absolute Gasteiger partial charge is 0.254 e. The molecule has 1 aromatic heterocycles. The zero-order valence-corrected chi connectivity index (χ0v) is 15.3. The van der Waals surface area contributed by atoms with Crippen LogP contribution < -0.4 is 4.74 Å². The highest BCUT2D eigenvalue weighted by Gasteiger charge is 2.28. The summed E-state index contributed by atoms with van der Waals surface area (Å²) in [5.74, 6) is 0.888. The summed E-state index contributed by atoms with van der Waals surface area (Å²) >= 11 is 0. The van der Waals surface area contributed by atoms with Crippen LogP contribution in [-0.2, 0) is 0 Å². The molecule has 138 valence electrons. The minimum absolute atomic E-state index is 0.0606. The highest BCUT2D eigenvalue weighted by atomic mass is 16.5. The van der Waals surface area contributed by atoms with E-state index in [1.54, 1.807) is 24.3 Å². The molecule has 0 radical (unpaired) electrons. The molecule has 0 spiro atoms. The molecule has 2 aromatic carbocycles. The Balaban J connectivity index is 1.61. The van der Waals surface area contributed by atoms with Gasteiger partial charge >= 0.3 is 0 Å². The maximum Gasteiger partial charge on any atom is 0.254 e. The number of likely N-dealkylation sites (tertiary alicyclic amines) is 1. The summed E-state index contributed by atoms with van der Waals surface area (Å²) in [5.41, 5.74) is 2.71. The molecule has 1 amide bonds. The van der Waals surface area contributed by atoms with Crippen LogP contribution in [0, 0.1) is 0 Å². The van der Waals surface area contributed by atoms with Crippen LogP contribution >= 0.6 is 0 Å². The fourth-order valence-electron chi connectivity index (χ4n) is 3.65. The predicted molar refractivity (Wildman–Crippen MR) is 102 cm³/mol. The van der Waals surface area contributed by atoms with Crippen molar-refractivity contribution in [2.45, 2.75) is 25.3 Å². The number of hydrogen-bond acceptors (Lipinski definition) is 4. The van der Waals surface area contributed by atoms with Crippen LogP contribution in [0.15, 0.2) is 61.2 Å². The van der Waals surface area contributed by atoms with Crippen molar-refractivity contribution in [3.63, 3.8) is 0 Å². The van der Waals surface area contributed by atoms with E-state index in [-0.39, 0.29) is 11.9 Å². The highest BCUT2D eigenvalue weighted by Crippen LogP contribution is 2.33. The quantitative estimate of drug-likeness (QED) is 0.711. The summed E-state index contributed by atoms with van der Waals surface area (Å²) < 4.78 is 7.06. The Morgan fingerprint density at radius 3 is 2.59 bits per heavy atom. The van der Waals surface area contributed by atoms with Crippen molar-refractivity contribution in [3.05, 3.63) is 72.3 Å². The maximum atomic E-state index is 13.3. The van der Waals surface area contributed by atoms with Gasteiger partial charge in [-0.15, -0.1) is 10.2 Å². The molecule has 6 nitrogen and oxygen atoms in total. The molecule has 27 heavy (non-hydrogen) atoms. The summed E-state index contributed by atoms with van der Waals surface area (Å²) in [6, 6.07) is 15.7. The third-order valence-corrected chi connectivity index (χ3v) is 5.07. The molecule has 3 aromatic rings. The third kappa shape index (κ3) is 3.56. The van der Waals surface area contributed by atoms with Gasteiger partial charge in [0.1, 0.15) is 18.4 Å². The standard InChI is InChI=1S/C21H22N4O2/c1-27-19-10-8-16(9-11-19)20-7-2-3-12-25(20)21(26)17-5-4-6-18(13-17)24-14-22-23-15-24/h4-6,8-11,13-15,20H,2-3,7,12H2,1H3/t20-/m0/s1. The second-order valence-electron chi connectivity index (χ2n) is 6.70. The van der Waals surface area contributed by atoms with Gasteiger partial charge in [0, 0.05) is 17.8 Å². The van der Waals surface area contributed by atoms with Crippen molar-refractivity contribution in [3.8, 4) is 11.4 Å². The summed E-state index contributed by atoms with van der Waals surface area (Å²) in [6.07, 6.45) is 6.39. The van der Waals surface area contributed by atoms with Gasteiger partial charge in [0.15, 0.2) is 0 Å². The van der Waals surface area contributed by atoms with Crippen LogP contribution in [0.1, 0.15) is 41.2 Å². The minimum Gasteiger partial charge on any atom is -0.497 e. The number of carbonyl (C=O) groups excluding carboxylic acids is 1. The molecule has 0 bridgehead atoms. The fraction of sp³-hybridized carbons (Fsp3) is 0.286. The summed E-state index contributed by atoms with van der Waals surface area (Å²) in [5, 5.41) is 7.67. The van der Waals surface area contributed by atoms with E-state index in [4.69, 9.17) is 4.74 Å². The number of piperidine rings is 1. The van der Waals surface area contributed by atoms with Crippen LogP contribution in [0.25, 0.3) is 5.69 Å². The molecule has 2 heterocycles. The van der Waals surface area contributed by atoms with Crippen LogP contribution in [0.3, 0.4) is 0 Å². The zero-order chi connectivity index (χ0) is 18.6. The van der Waals surface area contributed by atoms with Gasteiger partial charge in [-0.05, 0) is 55.2 Å². The van der Waals surface area contributed by atoms with E-state index in [2.05, 4.69) is 22.3 Å². The number of amides is 1. The number of carbonyl (C=O) groups is 1. The lowest BCUT2D eigenvalue weighted by atomic mass is 9.94. The number of nitrogens with zero attached hydrogens (tertiary/aromatic N) is 4. The predicted octanol–water partition coefficient (Wildman–Crippen LogP) is 3.64. The van der Waals surface area contributed by atoms with Crippen LogP contribution in [0.4, 0.5) is 0 Å². The van der Waals surface area contributed by atoms with Gasteiger partial charge in [0.05, 0.1) is 13.2 Å². The van der Waals surface area contributed by atoms with Gasteiger partial charge in [-0.3, -0.25) is 9.36 Å². The van der Waals surface area contributed by atoms with Gasteiger partial charge in [-0.2, -0.15) is 0 Å². The fourth-order valence-corrected chi connectivity index (χ4v) is 3.65. The van der Waals surface area contributed by atoms with E-state index in [0.29, 0.717) is 5.56 Å². The molecular weight excluding hydrogens is 340 g/mol. The number of ether oxygens (including phenoxy) is 1. The number of methoxy groups -OCH3 is 1. The average molecular weight is 362 g/mol. The molecule has 1 aliphatic rings. The van der Waals surface area contributed by atoms with Gasteiger partial charge < -0.3 is 9.64 Å². The van der Waals surface area contributed by atoms with E-state index >= 15 is 0 Å². The Labute approximate surface area is 158 Å². The molecule has 0 unspecified atom stereocenters. The lowest BCUT2D eigenvalue weighted by molar-refractivity contribution is 0.0611. The first-order valence-corrected chi connectivity index (χ1v) is 9.16. The number of aromatic nitrogens is 3. The normalized spacial score (nSPS) is 16.9.